The van der Waals surface area contributed by atoms with E-state index in [4.69, 9.17) is 18.9 Å². The summed E-state index contributed by atoms with van der Waals surface area (Å²) in [5.41, 5.74) is 0. The van der Waals surface area contributed by atoms with Gasteiger partial charge in [0, 0.05) is 14.2 Å². The number of ether oxygens (including phenoxy) is 4. The molecule has 0 saturated heterocycles. The molecular weight excluding hydrogens is 262 g/mol. The van der Waals surface area contributed by atoms with Gasteiger partial charge < -0.3 is 23.5 Å². The summed E-state index contributed by atoms with van der Waals surface area (Å²) in [5, 5.41) is 0. The molecule has 0 aromatic carbocycles. The standard InChI is InChI=1S/C13H31NO4Si/c1-15-12-17-10-6-8-14(19(3,4)5)9-7-11-18-13-16-2/h6-13H2,1-5H3. The van der Waals surface area contributed by atoms with Gasteiger partial charge in [-0.15, -0.1) is 0 Å². The van der Waals surface area contributed by atoms with Crippen LogP contribution in [0.5, 0.6) is 0 Å². The molecule has 116 valence electrons. The topological polar surface area (TPSA) is 40.2 Å². The Hall–Kier alpha value is 0.0169. The third-order valence-electron chi connectivity index (χ3n) is 2.78. The van der Waals surface area contributed by atoms with E-state index < -0.39 is 8.24 Å². The monoisotopic (exact) mass is 293 g/mol. The van der Waals surface area contributed by atoms with Crippen LogP contribution in [0, 0.1) is 0 Å². The lowest BCUT2D eigenvalue weighted by Gasteiger charge is -2.34. The average molecular weight is 293 g/mol. The number of rotatable bonds is 13. The van der Waals surface area contributed by atoms with Crippen LogP contribution >= 0.6 is 0 Å². The molecular formula is C13H31NO4Si. The molecule has 0 unspecified atom stereocenters. The molecule has 0 aliphatic rings. The van der Waals surface area contributed by atoms with Gasteiger partial charge in [-0.1, -0.05) is 19.6 Å². The van der Waals surface area contributed by atoms with Crippen LogP contribution in [0.1, 0.15) is 12.8 Å². The van der Waals surface area contributed by atoms with Crippen LogP contribution < -0.4 is 0 Å². The molecule has 0 bridgehead atoms. The van der Waals surface area contributed by atoms with Gasteiger partial charge in [-0.3, -0.25) is 0 Å². The summed E-state index contributed by atoms with van der Waals surface area (Å²) in [5.74, 6) is 0. The fourth-order valence-corrected chi connectivity index (χ4v) is 3.44. The van der Waals surface area contributed by atoms with E-state index in [0.29, 0.717) is 13.6 Å². The molecule has 0 spiro atoms. The number of methoxy groups -OCH3 is 2. The van der Waals surface area contributed by atoms with Gasteiger partial charge in [0.2, 0.25) is 0 Å². The fraction of sp³-hybridized carbons (Fsp3) is 1.00. The highest BCUT2D eigenvalue weighted by atomic mass is 28.3. The van der Waals surface area contributed by atoms with Crippen molar-refractivity contribution in [2.24, 2.45) is 0 Å². The summed E-state index contributed by atoms with van der Waals surface area (Å²) in [6.45, 7) is 11.6. The van der Waals surface area contributed by atoms with Gasteiger partial charge in [-0.05, 0) is 25.9 Å². The van der Waals surface area contributed by atoms with Gasteiger partial charge >= 0.3 is 0 Å². The quantitative estimate of drug-likeness (QED) is 0.296. The van der Waals surface area contributed by atoms with Crippen molar-refractivity contribution in [1.29, 1.82) is 0 Å². The average Bonchev–Trinajstić information content (AvgIpc) is 2.34. The highest BCUT2D eigenvalue weighted by molar-refractivity contribution is 6.73. The second-order valence-corrected chi connectivity index (χ2v) is 10.5. The minimum Gasteiger partial charge on any atom is -0.359 e. The van der Waals surface area contributed by atoms with Crippen LogP contribution in [0.2, 0.25) is 19.6 Å². The highest BCUT2D eigenvalue weighted by Gasteiger charge is 2.22. The second-order valence-electron chi connectivity index (χ2n) is 5.49. The van der Waals surface area contributed by atoms with E-state index in [1.165, 1.54) is 0 Å². The Labute approximate surface area is 119 Å². The van der Waals surface area contributed by atoms with Crippen LogP contribution in [0.4, 0.5) is 0 Å². The van der Waals surface area contributed by atoms with Crippen LogP contribution in [-0.2, 0) is 18.9 Å². The maximum absolute atomic E-state index is 5.33. The van der Waals surface area contributed by atoms with Crippen molar-refractivity contribution in [3.63, 3.8) is 0 Å². The first-order valence-electron chi connectivity index (χ1n) is 6.90. The van der Waals surface area contributed by atoms with E-state index >= 15 is 0 Å². The van der Waals surface area contributed by atoms with Crippen LogP contribution in [-0.4, -0.2) is 66.9 Å². The van der Waals surface area contributed by atoms with Crippen LogP contribution in [0.15, 0.2) is 0 Å². The molecule has 19 heavy (non-hydrogen) atoms. The molecule has 5 nitrogen and oxygen atoms in total. The lowest BCUT2D eigenvalue weighted by atomic mass is 10.4. The molecule has 0 aliphatic heterocycles. The van der Waals surface area contributed by atoms with Gasteiger partial charge in [-0.25, -0.2) is 0 Å². The molecule has 6 heteroatoms. The predicted molar refractivity (Wildman–Crippen MR) is 79.8 cm³/mol. The summed E-state index contributed by atoms with van der Waals surface area (Å²) >= 11 is 0. The van der Waals surface area contributed by atoms with Crippen LogP contribution in [0.25, 0.3) is 0 Å². The van der Waals surface area contributed by atoms with Gasteiger partial charge in [0.15, 0.2) is 0 Å². The van der Waals surface area contributed by atoms with E-state index in [1.807, 2.05) is 0 Å². The Morgan fingerprint density at radius 2 is 1.21 bits per heavy atom. The predicted octanol–water partition coefficient (Wildman–Crippen LogP) is 2.14. The molecule has 0 rings (SSSR count). The SMILES string of the molecule is COCOCCCN(CCCOCOC)[Si](C)(C)C. The Morgan fingerprint density at radius 1 is 0.789 bits per heavy atom. The maximum Gasteiger partial charge on any atom is 0.146 e. The molecule has 0 N–H and O–H groups in total. The lowest BCUT2D eigenvalue weighted by molar-refractivity contribution is -0.0341. The van der Waals surface area contributed by atoms with Gasteiger partial charge in [-0.2, -0.15) is 0 Å². The van der Waals surface area contributed by atoms with Gasteiger partial charge in [0.1, 0.15) is 21.8 Å². The largest absolute Gasteiger partial charge is 0.359 e. The van der Waals surface area contributed by atoms with E-state index in [-0.39, 0.29) is 0 Å². The number of hydrogen-bond acceptors (Lipinski definition) is 5. The lowest BCUT2D eigenvalue weighted by Crippen LogP contribution is -2.47. The zero-order valence-corrected chi connectivity index (χ0v) is 14.2. The van der Waals surface area contributed by atoms with Crippen molar-refractivity contribution in [2.75, 3.05) is 54.1 Å². The Morgan fingerprint density at radius 3 is 1.53 bits per heavy atom. The van der Waals surface area contributed by atoms with E-state index in [1.54, 1.807) is 14.2 Å². The van der Waals surface area contributed by atoms with Crippen molar-refractivity contribution in [2.45, 2.75) is 32.5 Å². The fourth-order valence-electron chi connectivity index (χ4n) is 1.78. The molecule has 0 aromatic rings. The molecule has 0 aromatic heterocycles. The first-order valence-corrected chi connectivity index (χ1v) is 10.4. The minimum atomic E-state index is -1.26. The summed E-state index contributed by atoms with van der Waals surface area (Å²) in [7, 11) is 2.03. The summed E-state index contributed by atoms with van der Waals surface area (Å²) < 4.78 is 23.0. The smallest absolute Gasteiger partial charge is 0.146 e. The third-order valence-corrected chi connectivity index (χ3v) is 5.13. The van der Waals surface area contributed by atoms with Gasteiger partial charge in [0.05, 0.1) is 13.2 Å². The number of nitrogens with zero attached hydrogens (tertiary/aromatic N) is 1. The van der Waals surface area contributed by atoms with E-state index in [0.717, 1.165) is 39.1 Å². The van der Waals surface area contributed by atoms with Crippen molar-refractivity contribution in [3.8, 4) is 0 Å². The van der Waals surface area contributed by atoms with Crippen molar-refractivity contribution < 1.29 is 18.9 Å². The molecule has 0 radical (unpaired) electrons. The summed E-state index contributed by atoms with van der Waals surface area (Å²) in [6.07, 6.45) is 2.10. The van der Waals surface area contributed by atoms with Crippen molar-refractivity contribution in [3.05, 3.63) is 0 Å². The summed E-state index contributed by atoms with van der Waals surface area (Å²) in [4.78, 5) is 0. The van der Waals surface area contributed by atoms with E-state index in [2.05, 4.69) is 24.2 Å². The Kier molecular flexibility index (Phi) is 11.8. The zero-order chi connectivity index (χ0) is 14.6. The third kappa shape index (κ3) is 11.5. The zero-order valence-electron chi connectivity index (χ0n) is 13.2. The van der Waals surface area contributed by atoms with Crippen LogP contribution in [0.3, 0.4) is 0 Å². The maximum atomic E-state index is 5.33. The van der Waals surface area contributed by atoms with Crippen molar-refractivity contribution in [1.82, 2.24) is 4.57 Å². The number of hydrogen-bond donors (Lipinski definition) is 0. The first-order chi connectivity index (χ1) is 9.02. The molecule has 0 atom stereocenters. The van der Waals surface area contributed by atoms with Gasteiger partial charge in [0.25, 0.3) is 0 Å². The molecule has 0 amide bonds. The second kappa shape index (κ2) is 11.8. The van der Waals surface area contributed by atoms with Crippen molar-refractivity contribution >= 4 is 8.24 Å². The Balaban J connectivity index is 3.77. The minimum absolute atomic E-state index is 0.387. The Bertz CT molecular complexity index is 186. The van der Waals surface area contributed by atoms with E-state index in [9.17, 15) is 0 Å². The normalized spacial score (nSPS) is 12.3. The molecule has 0 fully saturated rings. The first kappa shape index (κ1) is 19.0. The molecule has 0 saturated carbocycles. The molecule has 0 heterocycles. The molecule has 0 aliphatic carbocycles. The highest BCUT2D eigenvalue weighted by Crippen LogP contribution is 2.10. The summed E-state index contributed by atoms with van der Waals surface area (Å²) in [6, 6.07) is 0.